The molecule has 5 N–H and O–H groups in total. The zero-order valence-electron chi connectivity index (χ0n) is 22.9. The van der Waals surface area contributed by atoms with E-state index in [-0.39, 0.29) is 24.8 Å². The molecular formula is C30H31N7O4S. The number of benzene rings is 2. The Morgan fingerprint density at radius 2 is 1.88 bits per heavy atom. The molecule has 1 atom stereocenters. The second-order valence-corrected chi connectivity index (χ2v) is 12.1. The van der Waals surface area contributed by atoms with Crippen LogP contribution in [0, 0.1) is 0 Å². The highest BCUT2D eigenvalue weighted by Gasteiger charge is 2.20. The minimum absolute atomic E-state index is 0.106. The number of anilines is 1. The number of H-pyrrole nitrogens is 1. The Balaban J connectivity index is 1.41. The van der Waals surface area contributed by atoms with Crippen molar-refractivity contribution < 1.29 is 13.2 Å². The zero-order chi connectivity index (χ0) is 29.7. The third kappa shape index (κ3) is 6.73. The van der Waals surface area contributed by atoms with Gasteiger partial charge in [0.25, 0.3) is 5.56 Å². The van der Waals surface area contributed by atoms with Gasteiger partial charge in [-0.25, -0.2) is 13.4 Å². The Morgan fingerprint density at radius 1 is 1.07 bits per heavy atom. The van der Waals surface area contributed by atoms with E-state index in [1.165, 1.54) is 10.8 Å². The normalized spacial score (nSPS) is 12.2. The number of nitrogens with zero attached hydrogens (tertiary/aromatic N) is 3. The highest BCUT2D eigenvalue weighted by Crippen LogP contribution is 2.24. The van der Waals surface area contributed by atoms with Crippen molar-refractivity contribution >= 4 is 32.5 Å². The number of sulfone groups is 1. The molecule has 1 amide bonds. The first kappa shape index (κ1) is 28.7. The molecule has 3 heterocycles. The monoisotopic (exact) mass is 585 g/mol. The molecule has 12 heteroatoms. The number of amides is 1. The van der Waals surface area contributed by atoms with E-state index in [1.54, 1.807) is 36.7 Å². The number of pyridine rings is 1. The van der Waals surface area contributed by atoms with Gasteiger partial charge in [0.2, 0.25) is 5.91 Å². The van der Waals surface area contributed by atoms with Gasteiger partial charge < -0.3 is 21.4 Å². The first-order valence-electron chi connectivity index (χ1n) is 13.3. The van der Waals surface area contributed by atoms with Gasteiger partial charge in [0.1, 0.15) is 11.9 Å². The van der Waals surface area contributed by atoms with Crippen LogP contribution in [0.2, 0.25) is 0 Å². The van der Waals surface area contributed by atoms with Crippen molar-refractivity contribution in [2.45, 2.75) is 24.9 Å². The lowest BCUT2D eigenvalue weighted by molar-refractivity contribution is -0.121. The number of hydrogen-bond acceptors (Lipinski definition) is 8. The Kier molecular flexibility index (Phi) is 8.46. The number of fused-ring (bicyclic) bond motifs is 1. The average molecular weight is 586 g/mol. The molecule has 42 heavy (non-hydrogen) atoms. The maximum Gasteiger partial charge on any atom is 0.294 e. The second kappa shape index (κ2) is 12.4. The molecule has 5 rings (SSSR count). The lowest BCUT2D eigenvalue weighted by Crippen LogP contribution is -2.34. The average Bonchev–Trinajstić information content (AvgIpc) is 3.41. The van der Waals surface area contributed by atoms with E-state index >= 15 is 0 Å². The number of carbonyl (C=O) groups excluding carboxylic acids is 1. The quantitative estimate of drug-likeness (QED) is 0.184. The third-order valence-electron chi connectivity index (χ3n) is 6.83. The molecule has 1 unspecified atom stereocenters. The molecule has 11 nitrogen and oxygen atoms in total. The van der Waals surface area contributed by atoms with Crippen LogP contribution >= 0.6 is 0 Å². The van der Waals surface area contributed by atoms with Crippen LogP contribution < -0.4 is 21.9 Å². The molecule has 0 aliphatic heterocycles. The predicted octanol–water partition coefficient (Wildman–Crippen LogP) is 2.76. The third-order valence-corrected chi connectivity index (χ3v) is 8.02. The van der Waals surface area contributed by atoms with Crippen molar-refractivity contribution in [1.82, 2.24) is 24.8 Å². The van der Waals surface area contributed by atoms with Gasteiger partial charge in [-0.15, -0.1) is 0 Å². The topological polar surface area (TPSA) is 165 Å². The van der Waals surface area contributed by atoms with Gasteiger partial charge in [-0.3, -0.25) is 19.1 Å². The van der Waals surface area contributed by atoms with Crippen LogP contribution in [0.25, 0.3) is 22.2 Å². The van der Waals surface area contributed by atoms with E-state index in [0.717, 1.165) is 28.4 Å². The number of carbonyl (C=O) groups is 1. The molecule has 0 radical (unpaired) electrons. The highest BCUT2D eigenvalue weighted by molar-refractivity contribution is 7.90. The van der Waals surface area contributed by atoms with Crippen LogP contribution in [0.1, 0.15) is 22.2 Å². The van der Waals surface area contributed by atoms with Crippen LogP contribution in [-0.2, 0) is 34.1 Å². The van der Waals surface area contributed by atoms with Crippen LogP contribution in [0.3, 0.4) is 0 Å². The molecular weight excluding hydrogens is 554 g/mol. The minimum atomic E-state index is -3.56. The standard InChI is InChI=1S/C30H31N7O4S/c1-42(40,41)28(31)22-9-5-8-21(14-22)26-18-35-29(33-13-10-20-6-3-2-4-7-20)30(39)37(26)19-27(38)34-17-24-15-23-16-32-12-11-25(23)36-24/h2-9,11-12,14-16,18,28,36H,10,13,17,19,31H2,1H3,(H,33,35)(H,34,38). The van der Waals surface area contributed by atoms with E-state index in [2.05, 4.69) is 25.6 Å². The van der Waals surface area contributed by atoms with E-state index in [0.29, 0.717) is 29.8 Å². The van der Waals surface area contributed by atoms with Crippen LogP contribution in [0.15, 0.2) is 90.1 Å². The summed E-state index contributed by atoms with van der Waals surface area (Å²) >= 11 is 0. The molecule has 0 aliphatic carbocycles. The predicted molar refractivity (Wildman–Crippen MR) is 162 cm³/mol. The summed E-state index contributed by atoms with van der Waals surface area (Å²) < 4.78 is 25.5. The van der Waals surface area contributed by atoms with E-state index in [1.807, 2.05) is 42.5 Å². The zero-order valence-corrected chi connectivity index (χ0v) is 23.8. The van der Waals surface area contributed by atoms with Gasteiger partial charge in [-0.05, 0) is 35.7 Å². The van der Waals surface area contributed by atoms with Crippen molar-refractivity contribution in [3.05, 3.63) is 112 Å². The summed E-state index contributed by atoms with van der Waals surface area (Å²) in [5.41, 5.74) is 9.49. The van der Waals surface area contributed by atoms with Gasteiger partial charge in [0.05, 0.1) is 18.4 Å². The van der Waals surface area contributed by atoms with Gasteiger partial charge >= 0.3 is 0 Å². The van der Waals surface area contributed by atoms with Crippen LogP contribution in [0.4, 0.5) is 5.82 Å². The number of aromatic amines is 1. The van der Waals surface area contributed by atoms with Gasteiger partial charge in [-0.2, -0.15) is 0 Å². The first-order chi connectivity index (χ1) is 20.2. The van der Waals surface area contributed by atoms with Gasteiger partial charge in [-0.1, -0.05) is 48.5 Å². The lowest BCUT2D eigenvalue weighted by atomic mass is 10.1. The van der Waals surface area contributed by atoms with Crippen molar-refractivity contribution in [3.8, 4) is 11.3 Å². The lowest BCUT2D eigenvalue weighted by Gasteiger charge is -2.16. The number of hydrogen-bond donors (Lipinski definition) is 4. The summed E-state index contributed by atoms with van der Waals surface area (Å²) in [4.78, 5) is 38.4. The number of aromatic nitrogens is 4. The fourth-order valence-electron chi connectivity index (χ4n) is 4.61. The Bertz CT molecular complexity index is 1850. The Labute approximate surface area is 242 Å². The van der Waals surface area contributed by atoms with Crippen molar-refractivity contribution in [3.63, 3.8) is 0 Å². The van der Waals surface area contributed by atoms with E-state index in [9.17, 15) is 18.0 Å². The molecule has 0 saturated heterocycles. The maximum absolute atomic E-state index is 13.6. The molecule has 0 fully saturated rings. The Morgan fingerprint density at radius 3 is 2.64 bits per heavy atom. The van der Waals surface area contributed by atoms with Crippen LogP contribution in [0.5, 0.6) is 0 Å². The van der Waals surface area contributed by atoms with E-state index < -0.39 is 20.8 Å². The van der Waals surface area contributed by atoms with E-state index in [4.69, 9.17) is 5.73 Å². The molecule has 3 aromatic heterocycles. The summed E-state index contributed by atoms with van der Waals surface area (Å²) in [5, 5.41) is 5.63. The van der Waals surface area contributed by atoms with Crippen molar-refractivity contribution in [1.29, 1.82) is 0 Å². The molecule has 0 saturated carbocycles. The number of nitrogens with two attached hydrogens (primary N) is 1. The minimum Gasteiger partial charge on any atom is -0.365 e. The fraction of sp³-hybridized carbons (Fsp3) is 0.200. The highest BCUT2D eigenvalue weighted by atomic mass is 32.2. The molecule has 5 aromatic rings. The van der Waals surface area contributed by atoms with Crippen molar-refractivity contribution in [2.24, 2.45) is 5.73 Å². The van der Waals surface area contributed by atoms with Crippen molar-refractivity contribution in [2.75, 3.05) is 18.1 Å². The second-order valence-electron chi connectivity index (χ2n) is 9.96. The maximum atomic E-state index is 13.6. The smallest absolute Gasteiger partial charge is 0.294 e. The summed E-state index contributed by atoms with van der Waals surface area (Å²) in [6.07, 6.45) is 6.65. The Hall–Kier alpha value is -4.81. The largest absolute Gasteiger partial charge is 0.365 e. The van der Waals surface area contributed by atoms with Crippen LogP contribution in [-0.4, -0.2) is 46.6 Å². The summed E-state index contributed by atoms with van der Waals surface area (Å²) in [7, 11) is -3.56. The fourth-order valence-corrected chi connectivity index (χ4v) is 5.25. The molecule has 2 aromatic carbocycles. The first-order valence-corrected chi connectivity index (χ1v) is 15.3. The van der Waals surface area contributed by atoms with Gasteiger partial charge in [0.15, 0.2) is 15.7 Å². The summed E-state index contributed by atoms with van der Waals surface area (Å²) in [6.45, 7) is 0.406. The summed E-state index contributed by atoms with van der Waals surface area (Å²) in [6, 6.07) is 20.1. The molecule has 0 bridgehead atoms. The SMILES string of the molecule is CS(=O)(=O)C(N)c1cccc(-c2cnc(NCCc3ccccc3)c(=O)n2CC(=O)NCc2cc3cnccc3[nH]2)c1. The molecule has 0 aliphatic rings. The molecule has 0 spiro atoms. The number of rotatable bonds is 11. The van der Waals surface area contributed by atoms with Gasteiger partial charge in [0, 0.05) is 47.4 Å². The summed E-state index contributed by atoms with van der Waals surface area (Å²) in [5.74, 6) is -0.282. The number of nitrogens with one attached hydrogen (secondary N) is 3. The molecule has 216 valence electrons.